The van der Waals surface area contributed by atoms with E-state index in [0.29, 0.717) is 11.6 Å². The maximum atomic E-state index is 10.6. The summed E-state index contributed by atoms with van der Waals surface area (Å²) < 4.78 is 0. The summed E-state index contributed by atoms with van der Waals surface area (Å²) in [6.07, 6.45) is 0.129. The Bertz CT molecular complexity index is 404. The third-order valence-electron chi connectivity index (χ3n) is 2.68. The fourth-order valence-electron chi connectivity index (χ4n) is 1.66. The summed E-state index contributed by atoms with van der Waals surface area (Å²) in [4.78, 5) is 12.7. The van der Waals surface area contributed by atoms with Gasteiger partial charge in [-0.1, -0.05) is 17.7 Å². The van der Waals surface area contributed by atoms with Crippen LogP contribution < -0.4 is 4.90 Å². The standard InChI is InChI=1S/C13H18ClNO2/c1-9(2)15(7-6-13(16)17)11-5-4-10(3)12(14)8-11/h4-5,8-9H,6-7H2,1-3H3,(H,16,17). The van der Waals surface area contributed by atoms with Gasteiger partial charge in [0.05, 0.1) is 6.42 Å². The van der Waals surface area contributed by atoms with Crippen LogP contribution in [-0.2, 0) is 4.79 Å². The number of benzene rings is 1. The Balaban J connectivity index is 2.89. The summed E-state index contributed by atoms with van der Waals surface area (Å²) in [6.45, 7) is 6.51. The van der Waals surface area contributed by atoms with Crippen molar-refractivity contribution in [3.63, 3.8) is 0 Å². The van der Waals surface area contributed by atoms with E-state index in [1.54, 1.807) is 0 Å². The maximum absolute atomic E-state index is 10.6. The Morgan fingerprint density at radius 1 is 1.47 bits per heavy atom. The van der Waals surface area contributed by atoms with E-state index in [1.807, 2.05) is 43.9 Å². The highest BCUT2D eigenvalue weighted by Crippen LogP contribution is 2.24. The van der Waals surface area contributed by atoms with E-state index < -0.39 is 5.97 Å². The number of nitrogens with zero attached hydrogens (tertiary/aromatic N) is 1. The minimum absolute atomic E-state index is 0.129. The van der Waals surface area contributed by atoms with Gasteiger partial charge < -0.3 is 10.0 Å². The number of aryl methyl sites for hydroxylation is 1. The molecule has 1 aromatic rings. The van der Waals surface area contributed by atoms with Crippen molar-refractivity contribution in [2.24, 2.45) is 0 Å². The maximum Gasteiger partial charge on any atom is 0.305 e. The molecule has 0 aliphatic carbocycles. The van der Waals surface area contributed by atoms with E-state index in [2.05, 4.69) is 0 Å². The molecule has 3 nitrogen and oxygen atoms in total. The highest BCUT2D eigenvalue weighted by Gasteiger charge is 2.12. The topological polar surface area (TPSA) is 40.5 Å². The Morgan fingerprint density at radius 2 is 2.12 bits per heavy atom. The second kappa shape index (κ2) is 5.92. The number of hydrogen-bond donors (Lipinski definition) is 1. The van der Waals surface area contributed by atoms with Gasteiger partial charge in [0, 0.05) is 23.3 Å². The molecule has 0 aromatic heterocycles. The molecule has 0 unspecified atom stereocenters. The molecule has 1 rings (SSSR count). The Kier molecular flexibility index (Phi) is 4.82. The van der Waals surface area contributed by atoms with Crippen LogP contribution in [0.2, 0.25) is 5.02 Å². The van der Waals surface area contributed by atoms with Crippen LogP contribution >= 0.6 is 11.6 Å². The molecule has 0 atom stereocenters. The van der Waals surface area contributed by atoms with Crippen LogP contribution in [0, 0.1) is 6.92 Å². The van der Waals surface area contributed by atoms with Gasteiger partial charge in [-0.25, -0.2) is 0 Å². The minimum atomic E-state index is -0.783. The van der Waals surface area contributed by atoms with Crippen LogP contribution in [0.1, 0.15) is 25.8 Å². The first kappa shape index (κ1) is 13.8. The van der Waals surface area contributed by atoms with Gasteiger partial charge >= 0.3 is 5.97 Å². The van der Waals surface area contributed by atoms with E-state index in [1.165, 1.54) is 0 Å². The van der Waals surface area contributed by atoms with Gasteiger partial charge in [0.15, 0.2) is 0 Å². The number of carbonyl (C=O) groups is 1. The van der Waals surface area contributed by atoms with Crippen molar-refractivity contribution >= 4 is 23.3 Å². The molecule has 0 radical (unpaired) electrons. The lowest BCUT2D eigenvalue weighted by atomic mass is 10.2. The van der Waals surface area contributed by atoms with E-state index >= 15 is 0 Å². The largest absolute Gasteiger partial charge is 0.481 e. The number of hydrogen-bond acceptors (Lipinski definition) is 2. The molecule has 94 valence electrons. The Hall–Kier alpha value is -1.22. The van der Waals surface area contributed by atoms with Crippen molar-refractivity contribution in [2.45, 2.75) is 33.2 Å². The van der Waals surface area contributed by atoms with Crippen LogP contribution in [0.3, 0.4) is 0 Å². The van der Waals surface area contributed by atoms with Gasteiger partial charge in [0.25, 0.3) is 0 Å². The van der Waals surface area contributed by atoms with E-state index in [-0.39, 0.29) is 12.5 Å². The van der Waals surface area contributed by atoms with Gasteiger partial charge in [-0.15, -0.1) is 0 Å². The molecule has 0 amide bonds. The number of aliphatic carboxylic acids is 1. The first-order valence-electron chi connectivity index (χ1n) is 5.66. The van der Waals surface area contributed by atoms with Gasteiger partial charge in [0.1, 0.15) is 0 Å². The lowest BCUT2D eigenvalue weighted by Gasteiger charge is -2.28. The third kappa shape index (κ3) is 3.93. The molecule has 0 bridgehead atoms. The van der Waals surface area contributed by atoms with E-state index in [9.17, 15) is 4.79 Å². The third-order valence-corrected chi connectivity index (χ3v) is 3.08. The van der Waals surface area contributed by atoms with Crippen LogP contribution in [0.4, 0.5) is 5.69 Å². The Labute approximate surface area is 107 Å². The molecule has 0 heterocycles. The summed E-state index contributed by atoms with van der Waals surface area (Å²) in [5.41, 5.74) is 1.99. The molecule has 0 saturated carbocycles. The van der Waals surface area contributed by atoms with Crippen LogP contribution in [0.25, 0.3) is 0 Å². The summed E-state index contributed by atoms with van der Waals surface area (Å²) in [7, 11) is 0. The molecule has 0 saturated heterocycles. The van der Waals surface area contributed by atoms with E-state index in [4.69, 9.17) is 16.7 Å². The second-order valence-electron chi connectivity index (χ2n) is 4.36. The van der Waals surface area contributed by atoms with Crippen LogP contribution in [0.15, 0.2) is 18.2 Å². The van der Waals surface area contributed by atoms with Crippen LogP contribution in [0.5, 0.6) is 0 Å². The average Bonchev–Trinajstić information content (AvgIpc) is 2.22. The summed E-state index contributed by atoms with van der Waals surface area (Å²) in [5, 5.41) is 9.45. The number of halogens is 1. The van der Waals surface area contributed by atoms with Crippen molar-refractivity contribution in [2.75, 3.05) is 11.4 Å². The molecular formula is C13H18ClNO2. The van der Waals surface area contributed by atoms with Crippen molar-refractivity contribution < 1.29 is 9.90 Å². The fourth-order valence-corrected chi connectivity index (χ4v) is 1.84. The molecule has 0 aliphatic heterocycles. The molecular weight excluding hydrogens is 238 g/mol. The van der Waals surface area contributed by atoms with E-state index in [0.717, 1.165) is 11.3 Å². The number of anilines is 1. The van der Waals surface area contributed by atoms with Gasteiger partial charge in [-0.05, 0) is 38.5 Å². The minimum Gasteiger partial charge on any atom is -0.481 e. The summed E-state index contributed by atoms with van der Waals surface area (Å²) in [5.74, 6) is -0.783. The van der Waals surface area contributed by atoms with Gasteiger partial charge in [-0.2, -0.15) is 0 Å². The number of carboxylic acids is 1. The van der Waals surface area contributed by atoms with Crippen molar-refractivity contribution in [1.82, 2.24) is 0 Å². The lowest BCUT2D eigenvalue weighted by Crippen LogP contribution is -2.32. The highest BCUT2D eigenvalue weighted by molar-refractivity contribution is 6.31. The molecule has 4 heteroatoms. The van der Waals surface area contributed by atoms with Crippen LogP contribution in [-0.4, -0.2) is 23.7 Å². The summed E-state index contributed by atoms with van der Waals surface area (Å²) >= 11 is 6.08. The lowest BCUT2D eigenvalue weighted by molar-refractivity contribution is -0.136. The molecule has 0 fully saturated rings. The molecule has 0 spiro atoms. The monoisotopic (exact) mass is 255 g/mol. The zero-order valence-electron chi connectivity index (χ0n) is 10.4. The highest BCUT2D eigenvalue weighted by atomic mass is 35.5. The number of rotatable bonds is 5. The molecule has 0 aliphatic rings. The van der Waals surface area contributed by atoms with Crippen molar-refractivity contribution in [3.05, 3.63) is 28.8 Å². The molecule has 1 aromatic carbocycles. The predicted octanol–water partition coefficient (Wildman–Crippen LogP) is 3.34. The molecule has 17 heavy (non-hydrogen) atoms. The SMILES string of the molecule is Cc1ccc(N(CCC(=O)O)C(C)C)cc1Cl. The predicted molar refractivity (Wildman–Crippen MR) is 70.9 cm³/mol. The zero-order chi connectivity index (χ0) is 13.0. The van der Waals surface area contributed by atoms with Gasteiger partial charge in [0.2, 0.25) is 0 Å². The second-order valence-corrected chi connectivity index (χ2v) is 4.77. The smallest absolute Gasteiger partial charge is 0.305 e. The first-order chi connectivity index (χ1) is 7.91. The van der Waals surface area contributed by atoms with Crippen molar-refractivity contribution in [3.8, 4) is 0 Å². The normalized spacial score (nSPS) is 10.6. The average molecular weight is 256 g/mol. The Morgan fingerprint density at radius 3 is 2.59 bits per heavy atom. The van der Waals surface area contributed by atoms with Gasteiger partial charge in [-0.3, -0.25) is 4.79 Å². The molecule has 1 N–H and O–H groups in total. The summed E-state index contributed by atoms with van der Waals surface area (Å²) in [6, 6.07) is 6.06. The number of carboxylic acid groups (broad SMARTS) is 1. The fraction of sp³-hybridized carbons (Fsp3) is 0.462. The first-order valence-corrected chi connectivity index (χ1v) is 6.04. The quantitative estimate of drug-likeness (QED) is 0.877. The van der Waals surface area contributed by atoms with Crippen molar-refractivity contribution in [1.29, 1.82) is 0 Å². The zero-order valence-corrected chi connectivity index (χ0v) is 11.2.